The molecule has 0 radical (unpaired) electrons. The van der Waals surface area contributed by atoms with E-state index in [4.69, 9.17) is 15.9 Å². The van der Waals surface area contributed by atoms with Gasteiger partial charge in [-0.15, -0.1) is 6.42 Å². The average molecular weight is 260 g/mol. The van der Waals surface area contributed by atoms with Gasteiger partial charge >= 0.3 is 0 Å². The lowest BCUT2D eigenvalue weighted by Crippen LogP contribution is -2.20. The summed E-state index contributed by atoms with van der Waals surface area (Å²) >= 11 is 0. The van der Waals surface area contributed by atoms with E-state index in [1.807, 2.05) is 24.3 Å². The standard InChI is InChI=1S/C17H24O2/c1-5-14(6-2)10-13-17(18-4)19-16-11-8-15(7-3)9-12-16/h3,8-9,11-12,14,17H,5-6,10,13H2,1-2,4H3. The molecule has 0 saturated heterocycles. The van der Waals surface area contributed by atoms with Crippen LogP contribution in [-0.2, 0) is 4.74 Å². The third-order valence-electron chi connectivity index (χ3n) is 3.52. The molecule has 1 unspecified atom stereocenters. The highest BCUT2D eigenvalue weighted by Crippen LogP contribution is 2.20. The molecular formula is C17H24O2. The molecule has 0 amide bonds. The summed E-state index contributed by atoms with van der Waals surface area (Å²) in [5, 5.41) is 0. The predicted molar refractivity (Wildman–Crippen MR) is 79.1 cm³/mol. The third kappa shape index (κ3) is 5.36. The van der Waals surface area contributed by atoms with Crippen molar-refractivity contribution in [1.82, 2.24) is 0 Å². The number of hydrogen-bond donors (Lipinski definition) is 0. The number of rotatable bonds is 8. The molecule has 0 spiro atoms. The summed E-state index contributed by atoms with van der Waals surface area (Å²) in [5.41, 5.74) is 0.860. The van der Waals surface area contributed by atoms with E-state index in [1.54, 1.807) is 7.11 Å². The lowest BCUT2D eigenvalue weighted by Gasteiger charge is -2.20. The summed E-state index contributed by atoms with van der Waals surface area (Å²) in [6.45, 7) is 4.46. The SMILES string of the molecule is C#Cc1ccc(OC(CCC(CC)CC)OC)cc1. The molecule has 0 fully saturated rings. The molecule has 0 aliphatic carbocycles. The van der Waals surface area contributed by atoms with Crippen molar-refractivity contribution in [3.8, 4) is 18.1 Å². The maximum atomic E-state index is 5.81. The Kier molecular flexibility index (Phi) is 7.07. The molecule has 0 N–H and O–H groups in total. The fourth-order valence-electron chi connectivity index (χ4n) is 2.08. The van der Waals surface area contributed by atoms with Gasteiger partial charge in [0.1, 0.15) is 5.75 Å². The minimum Gasteiger partial charge on any atom is -0.465 e. The van der Waals surface area contributed by atoms with Crippen LogP contribution in [0.4, 0.5) is 0 Å². The molecule has 1 aromatic carbocycles. The van der Waals surface area contributed by atoms with Crippen molar-refractivity contribution in [3.63, 3.8) is 0 Å². The van der Waals surface area contributed by atoms with Crippen LogP contribution in [0.25, 0.3) is 0 Å². The molecular weight excluding hydrogens is 236 g/mol. The lowest BCUT2D eigenvalue weighted by atomic mass is 9.97. The molecule has 0 aromatic heterocycles. The van der Waals surface area contributed by atoms with Crippen molar-refractivity contribution in [3.05, 3.63) is 29.8 Å². The first-order chi connectivity index (χ1) is 9.23. The Hall–Kier alpha value is -1.46. The highest BCUT2D eigenvalue weighted by atomic mass is 16.7. The monoisotopic (exact) mass is 260 g/mol. The Morgan fingerprint density at radius 2 is 1.74 bits per heavy atom. The van der Waals surface area contributed by atoms with Crippen molar-refractivity contribution in [2.24, 2.45) is 5.92 Å². The molecule has 2 heteroatoms. The van der Waals surface area contributed by atoms with Gasteiger partial charge in [-0.1, -0.05) is 32.6 Å². The van der Waals surface area contributed by atoms with Crippen molar-refractivity contribution < 1.29 is 9.47 Å². The molecule has 0 aliphatic rings. The number of ether oxygens (including phenoxy) is 2. The first-order valence-corrected chi connectivity index (χ1v) is 6.99. The predicted octanol–water partition coefficient (Wildman–Crippen LogP) is 4.24. The number of hydrogen-bond acceptors (Lipinski definition) is 2. The summed E-state index contributed by atoms with van der Waals surface area (Å²) < 4.78 is 11.2. The summed E-state index contributed by atoms with van der Waals surface area (Å²) in [6.07, 6.45) is 9.61. The molecule has 1 atom stereocenters. The first kappa shape index (κ1) is 15.6. The minimum absolute atomic E-state index is 0.183. The quantitative estimate of drug-likeness (QED) is 0.514. The second-order valence-corrected chi connectivity index (χ2v) is 4.71. The normalized spacial score (nSPS) is 12.2. The first-order valence-electron chi connectivity index (χ1n) is 6.99. The van der Waals surface area contributed by atoms with Crippen LogP contribution in [-0.4, -0.2) is 13.4 Å². The molecule has 1 rings (SSSR count). The Labute approximate surface area is 117 Å². The van der Waals surface area contributed by atoms with Gasteiger partial charge in [-0.2, -0.15) is 0 Å². The largest absolute Gasteiger partial charge is 0.465 e. The van der Waals surface area contributed by atoms with Gasteiger partial charge < -0.3 is 9.47 Å². The molecule has 0 heterocycles. The summed E-state index contributed by atoms with van der Waals surface area (Å²) in [4.78, 5) is 0. The number of methoxy groups -OCH3 is 1. The van der Waals surface area contributed by atoms with Crippen LogP contribution in [0.2, 0.25) is 0 Å². The van der Waals surface area contributed by atoms with Crippen molar-refractivity contribution in [2.45, 2.75) is 45.8 Å². The molecule has 0 aliphatic heterocycles. The van der Waals surface area contributed by atoms with E-state index in [1.165, 1.54) is 12.8 Å². The van der Waals surface area contributed by atoms with Gasteiger partial charge in [0.25, 0.3) is 0 Å². The Morgan fingerprint density at radius 3 is 2.21 bits per heavy atom. The van der Waals surface area contributed by atoms with Crippen LogP contribution in [0.5, 0.6) is 5.75 Å². The fourth-order valence-corrected chi connectivity index (χ4v) is 2.08. The Bertz CT molecular complexity index is 385. The summed E-state index contributed by atoms with van der Waals surface area (Å²) in [5.74, 6) is 4.15. The summed E-state index contributed by atoms with van der Waals surface area (Å²) in [7, 11) is 1.69. The Balaban J connectivity index is 2.49. The van der Waals surface area contributed by atoms with Crippen LogP contribution in [0.3, 0.4) is 0 Å². The maximum absolute atomic E-state index is 5.81. The van der Waals surface area contributed by atoms with Crippen LogP contribution in [0, 0.1) is 18.3 Å². The van der Waals surface area contributed by atoms with Gasteiger partial charge in [-0.3, -0.25) is 0 Å². The second kappa shape index (κ2) is 8.61. The second-order valence-electron chi connectivity index (χ2n) is 4.71. The van der Waals surface area contributed by atoms with Crippen LogP contribution in [0.15, 0.2) is 24.3 Å². The fraction of sp³-hybridized carbons (Fsp3) is 0.529. The van der Waals surface area contributed by atoms with Gasteiger partial charge in [0.15, 0.2) is 6.29 Å². The summed E-state index contributed by atoms with van der Waals surface area (Å²) in [6, 6.07) is 7.53. The molecule has 2 nitrogen and oxygen atoms in total. The zero-order valence-corrected chi connectivity index (χ0v) is 12.2. The Morgan fingerprint density at radius 1 is 1.11 bits per heavy atom. The zero-order chi connectivity index (χ0) is 14.1. The van der Waals surface area contributed by atoms with E-state index in [0.717, 1.165) is 30.1 Å². The van der Waals surface area contributed by atoms with Gasteiger partial charge in [-0.25, -0.2) is 0 Å². The van der Waals surface area contributed by atoms with Gasteiger partial charge in [0, 0.05) is 19.1 Å². The highest BCUT2D eigenvalue weighted by molar-refractivity contribution is 5.36. The highest BCUT2D eigenvalue weighted by Gasteiger charge is 2.12. The average Bonchev–Trinajstić information content (AvgIpc) is 2.47. The van der Waals surface area contributed by atoms with E-state index in [-0.39, 0.29) is 6.29 Å². The van der Waals surface area contributed by atoms with Crippen LogP contribution in [0.1, 0.15) is 45.1 Å². The van der Waals surface area contributed by atoms with E-state index in [9.17, 15) is 0 Å². The van der Waals surface area contributed by atoms with Gasteiger partial charge in [-0.05, 0) is 36.6 Å². The number of benzene rings is 1. The smallest absolute Gasteiger partial charge is 0.199 e. The van der Waals surface area contributed by atoms with E-state index >= 15 is 0 Å². The lowest BCUT2D eigenvalue weighted by molar-refractivity contribution is -0.0615. The minimum atomic E-state index is -0.183. The molecule has 0 saturated carbocycles. The van der Waals surface area contributed by atoms with Crippen molar-refractivity contribution >= 4 is 0 Å². The van der Waals surface area contributed by atoms with E-state index < -0.39 is 0 Å². The zero-order valence-electron chi connectivity index (χ0n) is 12.2. The van der Waals surface area contributed by atoms with E-state index in [2.05, 4.69) is 19.8 Å². The van der Waals surface area contributed by atoms with Gasteiger partial charge in [0.05, 0.1) is 0 Å². The molecule has 0 bridgehead atoms. The molecule has 104 valence electrons. The van der Waals surface area contributed by atoms with Gasteiger partial charge in [0.2, 0.25) is 0 Å². The van der Waals surface area contributed by atoms with E-state index in [0.29, 0.717) is 0 Å². The topological polar surface area (TPSA) is 18.5 Å². The van der Waals surface area contributed by atoms with Crippen LogP contribution >= 0.6 is 0 Å². The third-order valence-corrected chi connectivity index (χ3v) is 3.52. The molecule has 19 heavy (non-hydrogen) atoms. The molecule has 1 aromatic rings. The van der Waals surface area contributed by atoms with Crippen molar-refractivity contribution in [2.75, 3.05) is 7.11 Å². The maximum Gasteiger partial charge on any atom is 0.199 e. The van der Waals surface area contributed by atoms with Crippen molar-refractivity contribution in [1.29, 1.82) is 0 Å². The number of terminal acetylenes is 1. The van der Waals surface area contributed by atoms with Crippen LogP contribution < -0.4 is 4.74 Å².